The fourth-order valence-electron chi connectivity index (χ4n) is 2.29. The molecule has 20 heavy (non-hydrogen) atoms. The molecule has 0 unspecified atom stereocenters. The maximum atomic E-state index is 12.5. The highest BCUT2D eigenvalue weighted by molar-refractivity contribution is 5.92. The number of nitrogens with zero attached hydrogens (tertiary/aromatic N) is 3. The molecule has 0 radical (unpaired) electrons. The molecule has 1 aliphatic rings. The van der Waals surface area contributed by atoms with Crippen LogP contribution in [0, 0.1) is 13.8 Å². The number of morpholine rings is 1. The fourth-order valence-corrected chi connectivity index (χ4v) is 2.29. The van der Waals surface area contributed by atoms with Crippen LogP contribution in [-0.4, -0.2) is 45.7 Å². The van der Waals surface area contributed by atoms with Crippen molar-refractivity contribution in [3.05, 3.63) is 35.2 Å². The molecule has 7 nitrogen and oxygen atoms in total. The third kappa shape index (κ3) is 2.32. The zero-order valence-corrected chi connectivity index (χ0v) is 11.4. The molecule has 1 fully saturated rings. The highest BCUT2D eigenvalue weighted by atomic mass is 16.5. The van der Waals surface area contributed by atoms with Crippen molar-refractivity contribution in [1.29, 1.82) is 0 Å². The SMILES string of the molecule is Cc1cnc([C@@H]2COCCN2C(=O)c2cc(C)on2)[nH]1. The lowest BCUT2D eigenvalue weighted by molar-refractivity contribution is -0.00550. The van der Waals surface area contributed by atoms with E-state index in [4.69, 9.17) is 9.26 Å². The van der Waals surface area contributed by atoms with E-state index in [-0.39, 0.29) is 11.9 Å². The van der Waals surface area contributed by atoms with E-state index in [0.717, 1.165) is 11.5 Å². The Hall–Kier alpha value is -2.15. The Bertz CT molecular complexity index is 619. The van der Waals surface area contributed by atoms with Crippen LogP contribution in [-0.2, 0) is 4.74 Å². The number of H-pyrrole nitrogens is 1. The average molecular weight is 276 g/mol. The first kappa shape index (κ1) is 12.9. The summed E-state index contributed by atoms with van der Waals surface area (Å²) in [7, 11) is 0. The molecule has 1 atom stereocenters. The molecule has 3 rings (SSSR count). The van der Waals surface area contributed by atoms with Gasteiger partial charge < -0.3 is 19.1 Å². The van der Waals surface area contributed by atoms with Gasteiger partial charge in [-0.3, -0.25) is 4.79 Å². The van der Waals surface area contributed by atoms with Gasteiger partial charge in [0.15, 0.2) is 5.69 Å². The minimum absolute atomic E-state index is 0.163. The predicted octanol–water partition coefficient (Wildman–Crippen LogP) is 1.23. The molecule has 0 aromatic carbocycles. The second-order valence-corrected chi connectivity index (χ2v) is 4.86. The zero-order valence-electron chi connectivity index (χ0n) is 11.4. The number of aromatic nitrogens is 3. The third-order valence-electron chi connectivity index (χ3n) is 3.27. The van der Waals surface area contributed by atoms with Crippen LogP contribution in [0.25, 0.3) is 0 Å². The normalized spacial score (nSPS) is 19.3. The summed E-state index contributed by atoms with van der Waals surface area (Å²) in [6, 6.07) is 1.42. The zero-order chi connectivity index (χ0) is 14.1. The number of amides is 1. The number of hydrogen-bond acceptors (Lipinski definition) is 5. The van der Waals surface area contributed by atoms with Crippen molar-refractivity contribution in [3.63, 3.8) is 0 Å². The number of ether oxygens (including phenoxy) is 1. The van der Waals surface area contributed by atoms with Gasteiger partial charge in [-0.05, 0) is 13.8 Å². The molecule has 106 valence electrons. The van der Waals surface area contributed by atoms with Crippen molar-refractivity contribution in [2.24, 2.45) is 0 Å². The largest absolute Gasteiger partial charge is 0.377 e. The Labute approximate surface area is 115 Å². The molecule has 7 heteroatoms. The number of carbonyl (C=O) groups excluding carboxylic acids is 1. The second kappa shape index (κ2) is 5.09. The molecule has 1 saturated heterocycles. The molecule has 3 heterocycles. The number of aromatic amines is 1. The number of rotatable bonds is 2. The van der Waals surface area contributed by atoms with E-state index in [2.05, 4.69) is 15.1 Å². The summed E-state index contributed by atoms with van der Waals surface area (Å²) in [6.07, 6.45) is 1.74. The summed E-state index contributed by atoms with van der Waals surface area (Å²) in [6.45, 7) is 5.13. The molecule has 2 aromatic heterocycles. The molecule has 1 aliphatic heterocycles. The van der Waals surface area contributed by atoms with Crippen LogP contribution in [0.5, 0.6) is 0 Å². The van der Waals surface area contributed by atoms with Crippen LogP contribution in [0.1, 0.15) is 33.8 Å². The molecule has 1 amide bonds. The minimum Gasteiger partial charge on any atom is -0.377 e. The van der Waals surface area contributed by atoms with Crippen molar-refractivity contribution in [3.8, 4) is 0 Å². The topological polar surface area (TPSA) is 84.2 Å². The van der Waals surface area contributed by atoms with E-state index in [9.17, 15) is 4.79 Å². The Kier molecular flexibility index (Phi) is 3.27. The molecule has 0 aliphatic carbocycles. The maximum absolute atomic E-state index is 12.5. The highest BCUT2D eigenvalue weighted by Gasteiger charge is 2.32. The molecular formula is C13H16N4O3. The van der Waals surface area contributed by atoms with E-state index in [0.29, 0.717) is 31.2 Å². The van der Waals surface area contributed by atoms with Crippen molar-refractivity contribution in [2.45, 2.75) is 19.9 Å². The van der Waals surface area contributed by atoms with Crippen LogP contribution in [0.15, 0.2) is 16.8 Å². The maximum Gasteiger partial charge on any atom is 0.276 e. The van der Waals surface area contributed by atoms with E-state index in [1.54, 1.807) is 24.1 Å². The Morgan fingerprint density at radius 2 is 2.35 bits per heavy atom. The molecule has 0 bridgehead atoms. The molecule has 0 spiro atoms. The van der Waals surface area contributed by atoms with Crippen molar-refractivity contribution in [1.82, 2.24) is 20.0 Å². The van der Waals surface area contributed by atoms with E-state index < -0.39 is 0 Å². The van der Waals surface area contributed by atoms with Gasteiger partial charge in [-0.1, -0.05) is 5.16 Å². The molecule has 2 aromatic rings. The summed E-state index contributed by atoms with van der Waals surface area (Å²) in [5.41, 5.74) is 1.27. The van der Waals surface area contributed by atoms with Gasteiger partial charge in [-0.15, -0.1) is 0 Å². The highest BCUT2D eigenvalue weighted by Crippen LogP contribution is 2.23. The van der Waals surface area contributed by atoms with Crippen LogP contribution in [0.2, 0.25) is 0 Å². The monoisotopic (exact) mass is 276 g/mol. The Morgan fingerprint density at radius 1 is 1.50 bits per heavy atom. The number of hydrogen-bond donors (Lipinski definition) is 1. The van der Waals surface area contributed by atoms with Crippen molar-refractivity contribution in [2.75, 3.05) is 19.8 Å². The number of nitrogens with one attached hydrogen (secondary N) is 1. The molecular weight excluding hydrogens is 260 g/mol. The minimum atomic E-state index is -0.220. The van der Waals surface area contributed by atoms with Gasteiger partial charge in [0, 0.05) is 24.5 Å². The first-order valence-electron chi connectivity index (χ1n) is 6.48. The van der Waals surface area contributed by atoms with Gasteiger partial charge in [0.05, 0.1) is 13.2 Å². The number of carbonyl (C=O) groups is 1. The van der Waals surface area contributed by atoms with Gasteiger partial charge in [-0.2, -0.15) is 0 Å². The average Bonchev–Trinajstić information content (AvgIpc) is 3.07. The van der Waals surface area contributed by atoms with E-state index >= 15 is 0 Å². The first-order chi connectivity index (χ1) is 9.65. The van der Waals surface area contributed by atoms with Crippen LogP contribution >= 0.6 is 0 Å². The summed E-state index contributed by atoms with van der Waals surface area (Å²) in [5.74, 6) is 1.19. The van der Waals surface area contributed by atoms with Crippen LogP contribution in [0.3, 0.4) is 0 Å². The van der Waals surface area contributed by atoms with Gasteiger partial charge in [0.1, 0.15) is 17.6 Å². The van der Waals surface area contributed by atoms with Gasteiger partial charge in [-0.25, -0.2) is 4.98 Å². The summed E-state index contributed by atoms with van der Waals surface area (Å²) >= 11 is 0. The van der Waals surface area contributed by atoms with Crippen molar-refractivity contribution < 1.29 is 14.1 Å². The van der Waals surface area contributed by atoms with Gasteiger partial charge >= 0.3 is 0 Å². The van der Waals surface area contributed by atoms with Crippen LogP contribution < -0.4 is 0 Å². The van der Waals surface area contributed by atoms with Crippen molar-refractivity contribution >= 4 is 5.91 Å². The predicted molar refractivity (Wildman–Crippen MR) is 69.2 cm³/mol. The lowest BCUT2D eigenvalue weighted by Gasteiger charge is -2.33. The smallest absolute Gasteiger partial charge is 0.276 e. The first-order valence-corrected chi connectivity index (χ1v) is 6.48. The van der Waals surface area contributed by atoms with Gasteiger partial charge in [0.25, 0.3) is 5.91 Å². The lowest BCUT2D eigenvalue weighted by Crippen LogP contribution is -2.44. The molecule has 1 N–H and O–H groups in total. The number of imidazole rings is 1. The van der Waals surface area contributed by atoms with E-state index in [1.165, 1.54) is 0 Å². The third-order valence-corrected chi connectivity index (χ3v) is 3.27. The van der Waals surface area contributed by atoms with Gasteiger partial charge in [0.2, 0.25) is 0 Å². The van der Waals surface area contributed by atoms with E-state index in [1.807, 2.05) is 6.92 Å². The second-order valence-electron chi connectivity index (χ2n) is 4.86. The Balaban J connectivity index is 1.87. The summed E-state index contributed by atoms with van der Waals surface area (Å²) in [4.78, 5) is 21.7. The van der Waals surface area contributed by atoms with Crippen LogP contribution in [0.4, 0.5) is 0 Å². The summed E-state index contributed by atoms with van der Waals surface area (Å²) in [5, 5.41) is 3.79. The Morgan fingerprint density at radius 3 is 3.00 bits per heavy atom. The lowest BCUT2D eigenvalue weighted by atomic mass is 10.2. The quantitative estimate of drug-likeness (QED) is 0.891. The summed E-state index contributed by atoms with van der Waals surface area (Å²) < 4.78 is 10.4. The molecule has 0 saturated carbocycles. The fraction of sp³-hybridized carbons (Fsp3) is 0.462. The standard InChI is InChI=1S/C13H16N4O3/c1-8-6-14-12(15-8)11-7-19-4-3-17(11)13(18)10-5-9(2)20-16-10/h5-6,11H,3-4,7H2,1-2H3,(H,14,15)/t11-/m0/s1. The number of aryl methyl sites for hydroxylation is 2.